The first kappa shape index (κ1) is 14.3. The molecule has 0 saturated carbocycles. The number of halogens is 1. The van der Waals surface area contributed by atoms with Gasteiger partial charge in [0, 0.05) is 25.2 Å². The molecule has 2 atom stereocenters. The fourth-order valence-electron chi connectivity index (χ4n) is 2.96. The third-order valence-electron chi connectivity index (χ3n) is 3.99. The van der Waals surface area contributed by atoms with E-state index in [-0.39, 0.29) is 23.7 Å². The molecule has 6 heteroatoms. The molecule has 2 aliphatic heterocycles. The number of carbonyl (C=O) groups is 1. The zero-order valence-corrected chi connectivity index (χ0v) is 12.0. The Morgan fingerprint density at radius 1 is 1.43 bits per heavy atom. The second kappa shape index (κ2) is 5.99. The summed E-state index contributed by atoms with van der Waals surface area (Å²) in [6.07, 6.45) is 0. The summed E-state index contributed by atoms with van der Waals surface area (Å²) in [4.78, 5) is 14.1. The number of carbonyl (C=O) groups excluding carboxylic acids is 1. The predicted octanol–water partition coefficient (Wildman–Crippen LogP) is 0.781. The number of nitrogens with zero attached hydrogens (tertiary/aromatic N) is 1. The van der Waals surface area contributed by atoms with Crippen LogP contribution in [0.1, 0.15) is 5.56 Å². The Morgan fingerprint density at radius 3 is 3.10 bits per heavy atom. The standard InChI is InChI=1S/C15H19FN2O3/c1-20-14-4-2-3-13(16)12(14)7-18-5-10-8-21-9-11(6-18)17-15(10)19/h2-4,10-11H,5-9H2,1H3,(H,17,19)/t10-,11+/m1/s1. The third-order valence-corrected chi connectivity index (χ3v) is 3.99. The minimum Gasteiger partial charge on any atom is -0.496 e. The molecule has 21 heavy (non-hydrogen) atoms. The number of hydrogen-bond acceptors (Lipinski definition) is 4. The number of fused-ring (bicyclic) bond motifs is 3. The van der Waals surface area contributed by atoms with Crippen LogP contribution in [-0.2, 0) is 16.1 Å². The van der Waals surface area contributed by atoms with Gasteiger partial charge in [0.1, 0.15) is 11.6 Å². The topological polar surface area (TPSA) is 50.8 Å². The molecule has 2 bridgehead atoms. The van der Waals surface area contributed by atoms with Crippen molar-refractivity contribution < 1.29 is 18.7 Å². The van der Waals surface area contributed by atoms with Crippen LogP contribution in [0.4, 0.5) is 4.39 Å². The minimum absolute atomic E-state index is 0.0282. The average Bonchev–Trinajstić information content (AvgIpc) is 2.70. The maximum absolute atomic E-state index is 14.0. The quantitative estimate of drug-likeness (QED) is 0.895. The van der Waals surface area contributed by atoms with Crippen LogP contribution in [0, 0.1) is 11.7 Å². The van der Waals surface area contributed by atoms with Gasteiger partial charge in [-0.3, -0.25) is 9.69 Å². The molecule has 0 spiro atoms. The van der Waals surface area contributed by atoms with Crippen LogP contribution in [0.5, 0.6) is 5.75 Å². The highest BCUT2D eigenvalue weighted by molar-refractivity contribution is 5.79. The molecule has 1 N–H and O–H groups in total. The molecule has 2 heterocycles. The van der Waals surface area contributed by atoms with Crippen molar-refractivity contribution in [1.82, 2.24) is 10.2 Å². The molecule has 2 saturated heterocycles. The SMILES string of the molecule is COc1cccc(F)c1CN1C[C@H]2COC[C@@H](C1)C(=O)N2. The van der Waals surface area contributed by atoms with Gasteiger partial charge in [-0.25, -0.2) is 4.39 Å². The lowest BCUT2D eigenvalue weighted by atomic mass is 10.1. The molecule has 114 valence electrons. The van der Waals surface area contributed by atoms with E-state index in [0.717, 1.165) is 0 Å². The molecule has 1 aromatic carbocycles. The van der Waals surface area contributed by atoms with E-state index in [1.165, 1.54) is 13.2 Å². The molecule has 5 nitrogen and oxygen atoms in total. The highest BCUT2D eigenvalue weighted by Crippen LogP contribution is 2.24. The Labute approximate surface area is 123 Å². The van der Waals surface area contributed by atoms with Crippen molar-refractivity contribution in [3.05, 3.63) is 29.6 Å². The largest absolute Gasteiger partial charge is 0.496 e. The molecule has 3 rings (SSSR count). The summed E-state index contributed by atoms with van der Waals surface area (Å²) >= 11 is 0. The summed E-state index contributed by atoms with van der Waals surface area (Å²) in [5.74, 6) is 0.0926. The number of benzene rings is 1. The van der Waals surface area contributed by atoms with E-state index < -0.39 is 0 Å². The van der Waals surface area contributed by atoms with Crippen molar-refractivity contribution in [2.45, 2.75) is 12.6 Å². The van der Waals surface area contributed by atoms with Gasteiger partial charge >= 0.3 is 0 Å². The van der Waals surface area contributed by atoms with Gasteiger partial charge in [0.2, 0.25) is 5.91 Å². The molecule has 0 aromatic heterocycles. The first-order chi connectivity index (χ1) is 10.2. The lowest BCUT2D eigenvalue weighted by Crippen LogP contribution is -2.41. The second-order valence-electron chi connectivity index (χ2n) is 5.55. The Bertz CT molecular complexity index is 538. The average molecular weight is 294 g/mol. The number of methoxy groups -OCH3 is 1. The van der Waals surface area contributed by atoms with E-state index in [1.807, 2.05) is 0 Å². The van der Waals surface area contributed by atoms with Gasteiger partial charge in [-0.05, 0) is 12.1 Å². The van der Waals surface area contributed by atoms with Crippen LogP contribution in [-0.4, -0.2) is 50.3 Å². The minimum atomic E-state index is -0.278. The van der Waals surface area contributed by atoms with Crippen molar-refractivity contribution in [3.8, 4) is 5.75 Å². The highest BCUT2D eigenvalue weighted by atomic mass is 19.1. The Balaban J connectivity index is 1.81. The maximum atomic E-state index is 14.0. The van der Waals surface area contributed by atoms with E-state index in [0.29, 0.717) is 44.2 Å². The molecule has 0 radical (unpaired) electrons. The molecule has 1 amide bonds. The normalized spacial score (nSPS) is 26.1. The predicted molar refractivity (Wildman–Crippen MR) is 74.5 cm³/mol. The third kappa shape index (κ3) is 3.01. The summed E-state index contributed by atoms with van der Waals surface area (Å²) < 4.78 is 24.8. The molecule has 1 aromatic rings. The Kier molecular flexibility index (Phi) is 4.07. The van der Waals surface area contributed by atoms with Crippen LogP contribution in [0.2, 0.25) is 0 Å². The van der Waals surface area contributed by atoms with Gasteiger partial charge in [-0.15, -0.1) is 0 Å². The molecule has 0 unspecified atom stereocenters. The van der Waals surface area contributed by atoms with Crippen molar-refractivity contribution in [3.63, 3.8) is 0 Å². The first-order valence-corrected chi connectivity index (χ1v) is 7.09. The van der Waals surface area contributed by atoms with Crippen LogP contribution in [0.15, 0.2) is 18.2 Å². The molecule has 2 fully saturated rings. The summed E-state index contributed by atoms with van der Waals surface area (Å²) in [5.41, 5.74) is 0.536. The monoisotopic (exact) mass is 294 g/mol. The van der Waals surface area contributed by atoms with Gasteiger partial charge in [0.05, 0.1) is 32.3 Å². The van der Waals surface area contributed by atoms with Crippen molar-refractivity contribution in [2.75, 3.05) is 33.4 Å². The summed E-state index contributed by atoms with van der Waals surface area (Å²) in [5, 5.41) is 2.97. The van der Waals surface area contributed by atoms with Crippen LogP contribution in [0.3, 0.4) is 0 Å². The molecular weight excluding hydrogens is 275 g/mol. The Morgan fingerprint density at radius 2 is 2.29 bits per heavy atom. The van der Waals surface area contributed by atoms with E-state index in [2.05, 4.69) is 10.2 Å². The summed E-state index contributed by atoms with van der Waals surface area (Å²) in [7, 11) is 1.54. The van der Waals surface area contributed by atoms with Gasteiger partial charge < -0.3 is 14.8 Å². The van der Waals surface area contributed by atoms with E-state index in [4.69, 9.17) is 9.47 Å². The molecular formula is C15H19FN2O3. The van der Waals surface area contributed by atoms with E-state index >= 15 is 0 Å². The number of hydrogen-bond donors (Lipinski definition) is 1. The lowest BCUT2D eigenvalue weighted by molar-refractivity contribution is -0.125. The van der Waals surface area contributed by atoms with E-state index in [1.54, 1.807) is 12.1 Å². The van der Waals surface area contributed by atoms with Gasteiger partial charge in [-0.2, -0.15) is 0 Å². The lowest BCUT2D eigenvalue weighted by Gasteiger charge is -2.28. The molecule has 2 aliphatic rings. The smallest absolute Gasteiger partial charge is 0.227 e. The van der Waals surface area contributed by atoms with Crippen LogP contribution < -0.4 is 10.1 Å². The fraction of sp³-hybridized carbons (Fsp3) is 0.533. The van der Waals surface area contributed by atoms with Crippen molar-refractivity contribution >= 4 is 5.91 Å². The van der Waals surface area contributed by atoms with Gasteiger partial charge in [0.15, 0.2) is 0 Å². The van der Waals surface area contributed by atoms with Gasteiger partial charge in [0.25, 0.3) is 0 Å². The zero-order valence-electron chi connectivity index (χ0n) is 12.0. The van der Waals surface area contributed by atoms with Crippen LogP contribution in [0.25, 0.3) is 0 Å². The van der Waals surface area contributed by atoms with Crippen LogP contribution >= 0.6 is 0 Å². The number of amides is 1. The number of rotatable bonds is 3. The summed E-state index contributed by atoms with van der Waals surface area (Å²) in [6.45, 7) is 2.58. The van der Waals surface area contributed by atoms with Crippen molar-refractivity contribution in [1.29, 1.82) is 0 Å². The number of nitrogens with one attached hydrogen (secondary N) is 1. The number of ether oxygens (including phenoxy) is 2. The summed E-state index contributed by atoms with van der Waals surface area (Å²) in [6, 6.07) is 4.78. The Hall–Kier alpha value is -1.66. The van der Waals surface area contributed by atoms with Crippen molar-refractivity contribution in [2.24, 2.45) is 5.92 Å². The fourth-order valence-corrected chi connectivity index (χ4v) is 2.96. The molecule has 0 aliphatic carbocycles. The highest BCUT2D eigenvalue weighted by Gasteiger charge is 2.33. The second-order valence-corrected chi connectivity index (χ2v) is 5.55. The van der Waals surface area contributed by atoms with E-state index in [9.17, 15) is 9.18 Å². The zero-order chi connectivity index (χ0) is 14.8. The first-order valence-electron chi connectivity index (χ1n) is 7.09. The van der Waals surface area contributed by atoms with Gasteiger partial charge in [-0.1, -0.05) is 6.07 Å². The maximum Gasteiger partial charge on any atom is 0.227 e.